The van der Waals surface area contributed by atoms with Crippen molar-refractivity contribution in [2.24, 2.45) is 5.92 Å². The average molecular weight is 328 g/mol. The number of nitrogens with two attached hydrogens (primary N) is 1. The molecule has 2 heterocycles. The van der Waals surface area contributed by atoms with E-state index >= 15 is 0 Å². The van der Waals surface area contributed by atoms with Crippen molar-refractivity contribution in [1.82, 2.24) is 15.3 Å². The lowest BCUT2D eigenvalue weighted by Gasteiger charge is -2.33. The third kappa shape index (κ3) is 3.79. The number of nitrogen functional groups attached to an aromatic ring is 1. The van der Waals surface area contributed by atoms with Crippen LogP contribution in [0, 0.1) is 5.92 Å². The fourth-order valence-corrected chi connectivity index (χ4v) is 2.67. The van der Waals surface area contributed by atoms with Gasteiger partial charge in [-0.25, -0.2) is 4.98 Å². The van der Waals surface area contributed by atoms with Crippen LogP contribution in [-0.2, 0) is 4.79 Å². The zero-order valence-electron chi connectivity index (χ0n) is 10.9. The number of hydrogen-bond donors (Lipinski definition) is 2. The summed E-state index contributed by atoms with van der Waals surface area (Å²) in [6.07, 6.45) is 3.76. The normalized spacial score (nSPS) is 16.4. The van der Waals surface area contributed by atoms with E-state index in [2.05, 4.69) is 36.1 Å². The highest BCUT2D eigenvalue weighted by Gasteiger charge is 2.22. The highest BCUT2D eigenvalue weighted by Crippen LogP contribution is 2.27. The van der Waals surface area contributed by atoms with Crippen molar-refractivity contribution >= 4 is 33.6 Å². The van der Waals surface area contributed by atoms with Gasteiger partial charge in [0.2, 0.25) is 11.9 Å². The summed E-state index contributed by atoms with van der Waals surface area (Å²) in [4.78, 5) is 21.3. The lowest BCUT2D eigenvalue weighted by molar-refractivity contribution is -0.119. The number of anilines is 2. The number of hydrogen-bond acceptors (Lipinski definition) is 5. The molecule has 0 aromatic carbocycles. The molecule has 2 rings (SSSR count). The van der Waals surface area contributed by atoms with Crippen LogP contribution in [0.5, 0.6) is 0 Å². The molecule has 3 N–H and O–H groups in total. The summed E-state index contributed by atoms with van der Waals surface area (Å²) in [5.41, 5.74) is 5.63. The van der Waals surface area contributed by atoms with Crippen molar-refractivity contribution in [2.45, 2.75) is 19.8 Å². The van der Waals surface area contributed by atoms with E-state index < -0.39 is 0 Å². The van der Waals surface area contributed by atoms with Crippen LogP contribution in [0.2, 0.25) is 0 Å². The number of carbonyl (C=O) groups is 1. The first-order valence-electron chi connectivity index (χ1n) is 6.33. The van der Waals surface area contributed by atoms with Crippen molar-refractivity contribution in [2.75, 3.05) is 30.3 Å². The van der Waals surface area contributed by atoms with Gasteiger partial charge in [-0.3, -0.25) is 4.79 Å². The van der Waals surface area contributed by atoms with E-state index in [1.165, 1.54) is 0 Å². The zero-order valence-corrected chi connectivity index (χ0v) is 12.5. The number of amides is 1. The van der Waals surface area contributed by atoms with Gasteiger partial charge >= 0.3 is 0 Å². The predicted octanol–water partition coefficient (Wildman–Crippen LogP) is 1.17. The minimum atomic E-state index is 0.0359. The van der Waals surface area contributed by atoms with Gasteiger partial charge in [-0.15, -0.1) is 0 Å². The molecular formula is C12H18BrN5O. The molecule has 1 aliphatic heterocycles. The Balaban J connectivity index is 1.92. The Kier molecular flexibility index (Phi) is 4.57. The van der Waals surface area contributed by atoms with Crippen LogP contribution in [0.1, 0.15) is 19.8 Å². The summed E-state index contributed by atoms with van der Waals surface area (Å²) >= 11 is 3.45. The molecule has 1 aliphatic rings. The standard InChI is InChI=1S/C12H18BrN5O/c1-8(19)15-6-9-2-4-18(5-3-9)11-10(13)7-16-12(14)17-11/h7,9H,2-6H2,1H3,(H,15,19)(H2,14,16,17). The van der Waals surface area contributed by atoms with Crippen LogP contribution in [-0.4, -0.2) is 35.5 Å². The van der Waals surface area contributed by atoms with E-state index in [-0.39, 0.29) is 5.91 Å². The molecule has 0 saturated carbocycles. The van der Waals surface area contributed by atoms with E-state index in [9.17, 15) is 4.79 Å². The molecule has 0 aliphatic carbocycles. The van der Waals surface area contributed by atoms with Crippen LogP contribution >= 0.6 is 15.9 Å². The summed E-state index contributed by atoms with van der Waals surface area (Å²) in [6.45, 7) is 4.14. The lowest BCUT2D eigenvalue weighted by atomic mass is 9.97. The summed E-state index contributed by atoms with van der Waals surface area (Å²) in [5, 5.41) is 2.88. The second-order valence-electron chi connectivity index (χ2n) is 4.77. The molecule has 1 aromatic heterocycles. The molecule has 1 fully saturated rings. The van der Waals surface area contributed by atoms with E-state index in [1.54, 1.807) is 13.1 Å². The van der Waals surface area contributed by atoms with Gasteiger partial charge in [-0.1, -0.05) is 0 Å². The van der Waals surface area contributed by atoms with E-state index in [4.69, 9.17) is 5.73 Å². The van der Waals surface area contributed by atoms with Crippen LogP contribution in [0.4, 0.5) is 11.8 Å². The van der Waals surface area contributed by atoms with Gasteiger partial charge in [0.25, 0.3) is 0 Å². The van der Waals surface area contributed by atoms with Gasteiger partial charge < -0.3 is 16.0 Å². The van der Waals surface area contributed by atoms with Crippen LogP contribution in [0.15, 0.2) is 10.7 Å². The van der Waals surface area contributed by atoms with Crippen LogP contribution in [0.3, 0.4) is 0 Å². The number of halogens is 1. The Morgan fingerprint density at radius 1 is 1.58 bits per heavy atom. The SMILES string of the molecule is CC(=O)NCC1CCN(c2nc(N)ncc2Br)CC1. The molecule has 0 atom stereocenters. The smallest absolute Gasteiger partial charge is 0.222 e. The van der Waals surface area contributed by atoms with Gasteiger partial charge in [0.05, 0.1) is 4.47 Å². The maximum atomic E-state index is 10.9. The largest absolute Gasteiger partial charge is 0.368 e. The molecule has 1 amide bonds. The molecule has 0 spiro atoms. The first kappa shape index (κ1) is 14.0. The maximum absolute atomic E-state index is 10.9. The third-order valence-electron chi connectivity index (χ3n) is 3.30. The molecule has 6 nitrogen and oxygen atoms in total. The molecule has 0 unspecified atom stereocenters. The quantitative estimate of drug-likeness (QED) is 0.870. The van der Waals surface area contributed by atoms with Crippen LogP contribution < -0.4 is 16.0 Å². The fourth-order valence-electron chi connectivity index (χ4n) is 2.23. The Labute approximate surface area is 120 Å². The number of nitrogens with zero attached hydrogens (tertiary/aromatic N) is 3. The van der Waals surface area contributed by atoms with E-state index in [0.29, 0.717) is 11.9 Å². The molecule has 0 radical (unpaired) electrons. The average Bonchev–Trinajstić information content (AvgIpc) is 2.40. The molecule has 0 bridgehead atoms. The summed E-state index contributed by atoms with van der Waals surface area (Å²) in [6, 6.07) is 0. The molecule has 7 heteroatoms. The molecule has 104 valence electrons. The second-order valence-corrected chi connectivity index (χ2v) is 5.62. The predicted molar refractivity (Wildman–Crippen MR) is 77.8 cm³/mol. The third-order valence-corrected chi connectivity index (χ3v) is 3.86. The topological polar surface area (TPSA) is 84.1 Å². The molecule has 1 aromatic rings. The summed E-state index contributed by atoms with van der Waals surface area (Å²) in [5.74, 6) is 1.72. The Morgan fingerprint density at radius 2 is 2.26 bits per heavy atom. The lowest BCUT2D eigenvalue weighted by Crippen LogP contribution is -2.38. The molecule has 19 heavy (non-hydrogen) atoms. The zero-order chi connectivity index (χ0) is 13.8. The number of carbonyl (C=O) groups excluding carboxylic acids is 1. The van der Waals surface area contributed by atoms with Crippen LogP contribution in [0.25, 0.3) is 0 Å². The Hall–Kier alpha value is -1.37. The molecular weight excluding hydrogens is 310 g/mol. The summed E-state index contributed by atoms with van der Waals surface area (Å²) < 4.78 is 0.863. The van der Waals surface area contributed by atoms with Gasteiger partial charge in [-0.2, -0.15) is 4.98 Å². The highest BCUT2D eigenvalue weighted by molar-refractivity contribution is 9.10. The number of rotatable bonds is 3. The summed E-state index contributed by atoms with van der Waals surface area (Å²) in [7, 11) is 0. The number of aromatic nitrogens is 2. The fraction of sp³-hybridized carbons (Fsp3) is 0.583. The maximum Gasteiger partial charge on any atom is 0.222 e. The van der Waals surface area contributed by atoms with E-state index in [1.807, 2.05) is 0 Å². The first-order valence-corrected chi connectivity index (χ1v) is 7.13. The van der Waals surface area contributed by atoms with Gasteiger partial charge in [-0.05, 0) is 34.7 Å². The number of piperidine rings is 1. The van der Waals surface area contributed by atoms with E-state index in [0.717, 1.165) is 42.8 Å². The van der Waals surface area contributed by atoms with Gasteiger partial charge in [0.1, 0.15) is 5.82 Å². The van der Waals surface area contributed by atoms with Gasteiger partial charge in [0.15, 0.2) is 0 Å². The number of nitrogens with one attached hydrogen (secondary N) is 1. The highest BCUT2D eigenvalue weighted by atomic mass is 79.9. The monoisotopic (exact) mass is 327 g/mol. The van der Waals surface area contributed by atoms with Gasteiger partial charge in [0, 0.05) is 32.8 Å². The molecule has 1 saturated heterocycles. The van der Waals surface area contributed by atoms with Crippen molar-refractivity contribution in [1.29, 1.82) is 0 Å². The Morgan fingerprint density at radius 3 is 2.89 bits per heavy atom. The van der Waals surface area contributed by atoms with Crippen molar-refractivity contribution in [3.05, 3.63) is 10.7 Å². The second kappa shape index (κ2) is 6.18. The van der Waals surface area contributed by atoms with Crippen molar-refractivity contribution in [3.8, 4) is 0 Å². The first-order chi connectivity index (χ1) is 9.06. The minimum absolute atomic E-state index is 0.0359. The van der Waals surface area contributed by atoms with Crippen molar-refractivity contribution < 1.29 is 4.79 Å². The Bertz CT molecular complexity index is 459. The minimum Gasteiger partial charge on any atom is -0.368 e. The van der Waals surface area contributed by atoms with Crippen molar-refractivity contribution in [3.63, 3.8) is 0 Å².